The van der Waals surface area contributed by atoms with Gasteiger partial charge in [-0.3, -0.25) is 10.2 Å². The Hall–Kier alpha value is -3.36. The SMILES string of the molecule is COc1cc(-c2nc3ccc(C(=O)NN)cc3[nH]2)cc(Br)c1OCc1cccc(C)c1. The predicted octanol–water partition coefficient (Wildman–Crippen LogP) is 4.49. The van der Waals surface area contributed by atoms with Crippen molar-refractivity contribution in [3.63, 3.8) is 0 Å². The number of hydrogen-bond donors (Lipinski definition) is 3. The Bertz CT molecular complexity index is 1270. The van der Waals surface area contributed by atoms with Crippen molar-refractivity contribution < 1.29 is 14.3 Å². The van der Waals surface area contributed by atoms with Crippen LogP contribution in [0, 0.1) is 6.92 Å². The summed E-state index contributed by atoms with van der Waals surface area (Å²) in [6.07, 6.45) is 0. The van der Waals surface area contributed by atoms with Crippen LogP contribution in [0.25, 0.3) is 22.4 Å². The molecular weight excluding hydrogens is 460 g/mol. The molecule has 0 atom stereocenters. The molecule has 1 amide bonds. The third-order valence-electron chi connectivity index (χ3n) is 4.84. The molecule has 3 aromatic carbocycles. The molecule has 1 aromatic heterocycles. The van der Waals surface area contributed by atoms with Gasteiger partial charge in [-0.2, -0.15) is 0 Å². The number of hydrazine groups is 1. The highest BCUT2D eigenvalue weighted by molar-refractivity contribution is 9.10. The van der Waals surface area contributed by atoms with Crippen LogP contribution >= 0.6 is 15.9 Å². The average Bonchev–Trinajstić information content (AvgIpc) is 3.20. The van der Waals surface area contributed by atoms with Crippen molar-refractivity contribution in [2.75, 3.05) is 7.11 Å². The zero-order chi connectivity index (χ0) is 22.0. The lowest BCUT2D eigenvalue weighted by molar-refractivity contribution is 0.0954. The Morgan fingerprint density at radius 2 is 2.03 bits per heavy atom. The van der Waals surface area contributed by atoms with Crippen LogP contribution in [0.2, 0.25) is 0 Å². The minimum Gasteiger partial charge on any atom is -0.493 e. The van der Waals surface area contributed by atoms with Gasteiger partial charge in [0.15, 0.2) is 11.5 Å². The van der Waals surface area contributed by atoms with Crippen molar-refractivity contribution >= 4 is 32.9 Å². The van der Waals surface area contributed by atoms with Crippen molar-refractivity contribution in [2.24, 2.45) is 5.84 Å². The molecule has 0 spiro atoms. The highest BCUT2D eigenvalue weighted by atomic mass is 79.9. The van der Waals surface area contributed by atoms with Crippen molar-refractivity contribution in [3.8, 4) is 22.9 Å². The van der Waals surface area contributed by atoms with Gasteiger partial charge in [0.05, 0.1) is 22.6 Å². The number of nitrogens with one attached hydrogen (secondary N) is 2. The van der Waals surface area contributed by atoms with E-state index in [-0.39, 0.29) is 5.91 Å². The number of aromatic amines is 1. The monoisotopic (exact) mass is 480 g/mol. The number of nitrogens with zero attached hydrogens (tertiary/aromatic N) is 1. The summed E-state index contributed by atoms with van der Waals surface area (Å²) in [7, 11) is 1.60. The van der Waals surface area contributed by atoms with Crippen LogP contribution in [0.5, 0.6) is 11.5 Å². The van der Waals surface area contributed by atoms with E-state index >= 15 is 0 Å². The Balaban J connectivity index is 1.65. The summed E-state index contributed by atoms with van der Waals surface area (Å²) < 4.78 is 12.4. The third-order valence-corrected chi connectivity index (χ3v) is 5.43. The Morgan fingerprint density at radius 1 is 1.19 bits per heavy atom. The van der Waals surface area contributed by atoms with Gasteiger partial charge in [0.1, 0.15) is 12.4 Å². The maximum atomic E-state index is 11.8. The second-order valence-electron chi connectivity index (χ2n) is 7.06. The molecule has 0 aliphatic rings. The molecule has 4 rings (SSSR count). The zero-order valence-corrected chi connectivity index (χ0v) is 18.6. The molecule has 0 bridgehead atoms. The largest absolute Gasteiger partial charge is 0.493 e. The molecule has 158 valence electrons. The summed E-state index contributed by atoms with van der Waals surface area (Å²) in [6, 6.07) is 17.1. The van der Waals surface area contributed by atoms with Gasteiger partial charge in [-0.25, -0.2) is 10.8 Å². The Labute approximate surface area is 187 Å². The highest BCUT2D eigenvalue weighted by Crippen LogP contribution is 2.40. The Morgan fingerprint density at radius 3 is 2.77 bits per heavy atom. The number of rotatable bonds is 6. The maximum Gasteiger partial charge on any atom is 0.265 e. The lowest BCUT2D eigenvalue weighted by atomic mass is 10.1. The molecule has 0 saturated heterocycles. The normalized spacial score (nSPS) is 10.8. The van der Waals surface area contributed by atoms with Crippen LogP contribution in [-0.2, 0) is 6.61 Å². The number of carbonyl (C=O) groups is 1. The first-order valence-corrected chi connectivity index (χ1v) is 10.3. The Kier molecular flexibility index (Phi) is 5.92. The van der Waals surface area contributed by atoms with Crippen LogP contribution in [-0.4, -0.2) is 23.0 Å². The van der Waals surface area contributed by atoms with Crippen LogP contribution in [0.15, 0.2) is 59.1 Å². The number of benzene rings is 3. The summed E-state index contributed by atoms with van der Waals surface area (Å²) in [5.74, 6) is 6.70. The number of amides is 1. The van der Waals surface area contributed by atoms with Gasteiger partial charge in [0.2, 0.25) is 0 Å². The molecule has 1 heterocycles. The van der Waals surface area contributed by atoms with Crippen molar-refractivity contribution in [1.82, 2.24) is 15.4 Å². The fourth-order valence-electron chi connectivity index (χ4n) is 3.32. The summed E-state index contributed by atoms with van der Waals surface area (Å²) in [5, 5.41) is 0. The number of fused-ring (bicyclic) bond motifs is 1. The number of halogens is 1. The number of aryl methyl sites for hydroxylation is 1. The lowest BCUT2D eigenvalue weighted by Gasteiger charge is -2.14. The number of H-pyrrole nitrogens is 1. The second kappa shape index (κ2) is 8.79. The molecule has 0 saturated carbocycles. The molecule has 0 unspecified atom stereocenters. The number of aromatic nitrogens is 2. The standard InChI is InChI=1S/C23H21BrN4O3/c1-13-4-3-5-14(8-13)12-31-21-17(24)9-16(11-20(21)30-2)22-26-18-7-6-15(23(29)28-25)10-19(18)27-22/h3-11H,12,25H2,1-2H3,(H,26,27)(H,28,29). The molecule has 31 heavy (non-hydrogen) atoms. The van der Waals surface area contributed by atoms with E-state index in [9.17, 15) is 4.79 Å². The minimum absolute atomic E-state index is 0.363. The van der Waals surface area contributed by atoms with E-state index in [2.05, 4.69) is 37.4 Å². The molecule has 7 nitrogen and oxygen atoms in total. The van der Waals surface area contributed by atoms with Gasteiger partial charge < -0.3 is 14.5 Å². The number of imidazole rings is 1. The molecule has 4 N–H and O–H groups in total. The molecular formula is C23H21BrN4O3. The quantitative estimate of drug-likeness (QED) is 0.214. The molecule has 8 heteroatoms. The first kappa shape index (κ1) is 20.9. The van der Waals surface area contributed by atoms with E-state index < -0.39 is 0 Å². The van der Waals surface area contributed by atoms with Crippen molar-refractivity contribution in [2.45, 2.75) is 13.5 Å². The summed E-state index contributed by atoms with van der Waals surface area (Å²) >= 11 is 3.59. The van der Waals surface area contributed by atoms with Gasteiger partial charge in [0, 0.05) is 11.1 Å². The van der Waals surface area contributed by atoms with E-state index in [1.165, 1.54) is 5.56 Å². The number of ether oxygens (including phenoxy) is 2. The number of carbonyl (C=O) groups excluding carboxylic acids is 1. The van der Waals surface area contributed by atoms with Crippen LogP contribution < -0.4 is 20.7 Å². The fraction of sp³-hybridized carbons (Fsp3) is 0.130. The van der Waals surface area contributed by atoms with Crippen LogP contribution in [0.1, 0.15) is 21.5 Å². The van der Waals surface area contributed by atoms with Gasteiger partial charge in [-0.15, -0.1) is 0 Å². The first-order valence-electron chi connectivity index (χ1n) is 9.55. The van der Waals surface area contributed by atoms with E-state index in [0.717, 1.165) is 26.6 Å². The van der Waals surface area contributed by atoms with E-state index in [4.69, 9.17) is 15.3 Å². The van der Waals surface area contributed by atoms with Gasteiger partial charge >= 0.3 is 0 Å². The predicted molar refractivity (Wildman–Crippen MR) is 123 cm³/mol. The van der Waals surface area contributed by atoms with Crippen molar-refractivity contribution in [1.29, 1.82) is 0 Å². The zero-order valence-electron chi connectivity index (χ0n) is 17.0. The first-order chi connectivity index (χ1) is 15.0. The molecule has 0 aliphatic heterocycles. The smallest absolute Gasteiger partial charge is 0.265 e. The van der Waals surface area contributed by atoms with Crippen molar-refractivity contribution in [3.05, 3.63) is 75.8 Å². The molecule has 4 aromatic rings. The van der Waals surface area contributed by atoms with Gasteiger partial charge in [0.25, 0.3) is 5.91 Å². The van der Waals surface area contributed by atoms with E-state index in [1.807, 2.05) is 37.3 Å². The third kappa shape index (κ3) is 4.40. The molecule has 0 aliphatic carbocycles. The number of nitrogens with two attached hydrogens (primary N) is 1. The summed E-state index contributed by atoms with van der Waals surface area (Å²) in [5.41, 5.74) is 7.11. The second-order valence-corrected chi connectivity index (χ2v) is 7.91. The van der Waals surface area contributed by atoms with Gasteiger partial charge in [-0.05, 0) is 58.7 Å². The minimum atomic E-state index is -0.363. The van der Waals surface area contributed by atoms with E-state index in [1.54, 1.807) is 25.3 Å². The van der Waals surface area contributed by atoms with Crippen LogP contribution in [0.4, 0.5) is 0 Å². The average molecular weight is 481 g/mol. The lowest BCUT2D eigenvalue weighted by Crippen LogP contribution is -2.29. The van der Waals surface area contributed by atoms with Gasteiger partial charge in [-0.1, -0.05) is 29.8 Å². The number of nitrogen functional groups attached to an aromatic ring is 1. The molecule has 0 radical (unpaired) electrons. The van der Waals surface area contributed by atoms with E-state index in [0.29, 0.717) is 29.5 Å². The highest BCUT2D eigenvalue weighted by Gasteiger charge is 2.16. The number of hydrogen-bond acceptors (Lipinski definition) is 5. The summed E-state index contributed by atoms with van der Waals surface area (Å²) in [6.45, 7) is 2.47. The fourth-order valence-corrected chi connectivity index (χ4v) is 3.88. The summed E-state index contributed by atoms with van der Waals surface area (Å²) in [4.78, 5) is 19.6. The topological polar surface area (TPSA) is 102 Å². The number of methoxy groups -OCH3 is 1. The molecule has 0 fully saturated rings. The maximum absolute atomic E-state index is 11.8. The van der Waals surface area contributed by atoms with Crippen LogP contribution in [0.3, 0.4) is 0 Å².